The number of benzene rings is 2. The zero-order chi connectivity index (χ0) is 21.3. The summed E-state index contributed by atoms with van der Waals surface area (Å²) in [6.45, 7) is 2.77. The molecule has 3 rings (SSSR count). The standard InChI is InChI=1S/C20H18Cl2FN3O3/c1-11(15-8-5-13(21)9-16(15)22)24-17(27)10-26-18(28)20(2,25-19(26)29)12-3-6-14(23)7-4-12/h3-9,11H,10H2,1-2H3,(H,24,27)(H,25,29). The van der Waals surface area contributed by atoms with Crippen molar-refractivity contribution < 1.29 is 18.8 Å². The van der Waals surface area contributed by atoms with Crippen molar-refractivity contribution in [2.24, 2.45) is 0 Å². The molecule has 2 N–H and O–H groups in total. The molecule has 0 radical (unpaired) electrons. The molecule has 0 bridgehead atoms. The van der Waals surface area contributed by atoms with E-state index in [1.807, 2.05) is 0 Å². The van der Waals surface area contributed by atoms with E-state index in [1.165, 1.54) is 31.2 Å². The van der Waals surface area contributed by atoms with E-state index in [0.717, 1.165) is 4.90 Å². The summed E-state index contributed by atoms with van der Waals surface area (Å²) < 4.78 is 13.2. The van der Waals surface area contributed by atoms with Gasteiger partial charge in [-0.1, -0.05) is 41.4 Å². The SMILES string of the molecule is CC(NC(=O)CN1C(=O)NC(C)(c2ccc(F)cc2)C1=O)c1ccc(Cl)cc1Cl. The van der Waals surface area contributed by atoms with Crippen molar-refractivity contribution in [2.75, 3.05) is 6.54 Å². The summed E-state index contributed by atoms with van der Waals surface area (Å²) in [6, 6.07) is 8.98. The van der Waals surface area contributed by atoms with Crippen LogP contribution in [-0.2, 0) is 15.1 Å². The molecular formula is C20H18Cl2FN3O3. The summed E-state index contributed by atoms with van der Waals surface area (Å²) >= 11 is 12.0. The van der Waals surface area contributed by atoms with Crippen LogP contribution in [0.2, 0.25) is 10.0 Å². The molecule has 1 fully saturated rings. The largest absolute Gasteiger partial charge is 0.348 e. The van der Waals surface area contributed by atoms with E-state index in [0.29, 0.717) is 21.2 Å². The monoisotopic (exact) mass is 437 g/mol. The number of nitrogens with one attached hydrogen (secondary N) is 2. The molecule has 1 heterocycles. The van der Waals surface area contributed by atoms with Crippen molar-refractivity contribution >= 4 is 41.0 Å². The summed E-state index contributed by atoms with van der Waals surface area (Å²) in [5.41, 5.74) is -0.310. The first-order valence-electron chi connectivity index (χ1n) is 8.76. The van der Waals surface area contributed by atoms with Crippen molar-refractivity contribution in [3.63, 3.8) is 0 Å². The number of rotatable bonds is 5. The zero-order valence-corrected chi connectivity index (χ0v) is 17.1. The average molecular weight is 438 g/mol. The fourth-order valence-corrected chi connectivity index (χ4v) is 3.75. The maximum atomic E-state index is 13.2. The highest BCUT2D eigenvalue weighted by Crippen LogP contribution is 2.29. The summed E-state index contributed by atoms with van der Waals surface area (Å²) in [5.74, 6) is -1.59. The van der Waals surface area contributed by atoms with Crippen LogP contribution in [0.5, 0.6) is 0 Å². The van der Waals surface area contributed by atoms with E-state index in [1.54, 1.807) is 25.1 Å². The Morgan fingerprint density at radius 1 is 1.21 bits per heavy atom. The van der Waals surface area contributed by atoms with Gasteiger partial charge in [0.15, 0.2) is 0 Å². The topological polar surface area (TPSA) is 78.5 Å². The van der Waals surface area contributed by atoms with Crippen molar-refractivity contribution in [1.82, 2.24) is 15.5 Å². The summed E-state index contributed by atoms with van der Waals surface area (Å²) in [7, 11) is 0. The van der Waals surface area contributed by atoms with Crippen LogP contribution < -0.4 is 10.6 Å². The van der Waals surface area contributed by atoms with Gasteiger partial charge >= 0.3 is 6.03 Å². The van der Waals surface area contributed by atoms with Gasteiger partial charge in [-0.15, -0.1) is 0 Å². The van der Waals surface area contributed by atoms with Gasteiger partial charge in [-0.3, -0.25) is 14.5 Å². The molecule has 6 nitrogen and oxygen atoms in total. The first kappa shape index (κ1) is 21.1. The Kier molecular flexibility index (Phi) is 5.82. The lowest BCUT2D eigenvalue weighted by molar-refractivity contribution is -0.135. The minimum Gasteiger partial charge on any atom is -0.348 e. The molecule has 29 heavy (non-hydrogen) atoms. The first-order chi connectivity index (χ1) is 13.6. The molecule has 1 saturated heterocycles. The van der Waals surface area contributed by atoms with Gasteiger partial charge in [0.05, 0.1) is 6.04 Å². The van der Waals surface area contributed by atoms with Crippen LogP contribution in [-0.4, -0.2) is 29.3 Å². The van der Waals surface area contributed by atoms with Gasteiger partial charge in [0.25, 0.3) is 5.91 Å². The van der Waals surface area contributed by atoms with Crippen LogP contribution in [0.15, 0.2) is 42.5 Å². The molecule has 4 amide bonds. The Morgan fingerprint density at radius 2 is 1.86 bits per heavy atom. The van der Waals surface area contributed by atoms with Gasteiger partial charge in [-0.05, 0) is 49.2 Å². The summed E-state index contributed by atoms with van der Waals surface area (Å²) in [6.07, 6.45) is 0. The Morgan fingerprint density at radius 3 is 2.48 bits per heavy atom. The van der Waals surface area contributed by atoms with Crippen LogP contribution in [0.25, 0.3) is 0 Å². The minimum absolute atomic E-state index is 0.393. The van der Waals surface area contributed by atoms with Crippen LogP contribution in [0.4, 0.5) is 9.18 Å². The van der Waals surface area contributed by atoms with E-state index in [9.17, 15) is 18.8 Å². The zero-order valence-electron chi connectivity index (χ0n) is 15.6. The lowest BCUT2D eigenvalue weighted by Crippen LogP contribution is -2.43. The second kappa shape index (κ2) is 8.00. The molecule has 2 aromatic rings. The van der Waals surface area contributed by atoms with E-state index in [4.69, 9.17) is 23.2 Å². The Hall–Kier alpha value is -2.64. The predicted molar refractivity (Wildman–Crippen MR) is 107 cm³/mol. The van der Waals surface area contributed by atoms with Gasteiger partial charge in [0.1, 0.15) is 17.9 Å². The lowest BCUT2D eigenvalue weighted by atomic mass is 9.92. The minimum atomic E-state index is -1.38. The maximum Gasteiger partial charge on any atom is 0.325 e. The molecule has 0 spiro atoms. The molecule has 2 atom stereocenters. The van der Waals surface area contributed by atoms with Gasteiger partial charge in [0, 0.05) is 10.0 Å². The fourth-order valence-electron chi connectivity index (χ4n) is 3.18. The fraction of sp³-hybridized carbons (Fsp3) is 0.250. The predicted octanol–water partition coefficient (Wildman–Crippen LogP) is 3.78. The molecule has 1 aliphatic heterocycles. The Bertz CT molecular complexity index is 983. The van der Waals surface area contributed by atoms with Gasteiger partial charge in [-0.2, -0.15) is 0 Å². The second-order valence-corrected chi connectivity index (χ2v) is 7.75. The number of halogens is 3. The second-order valence-electron chi connectivity index (χ2n) is 6.91. The highest BCUT2D eigenvalue weighted by atomic mass is 35.5. The van der Waals surface area contributed by atoms with Crippen LogP contribution in [0.3, 0.4) is 0 Å². The maximum absolute atomic E-state index is 13.2. The third-order valence-electron chi connectivity index (χ3n) is 4.80. The number of carbonyl (C=O) groups is 3. The lowest BCUT2D eigenvalue weighted by Gasteiger charge is -2.22. The van der Waals surface area contributed by atoms with E-state index >= 15 is 0 Å². The molecule has 0 saturated carbocycles. The van der Waals surface area contributed by atoms with Crippen LogP contribution in [0, 0.1) is 5.82 Å². The molecule has 1 aliphatic rings. The van der Waals surface area contributed by atoms with Crippen molar-refractivity contribution in [3.8, 4) is 0 Å². The number of hydrogen-bond donors (Lipinski definition) is 2. The number of imide groups is 1. The van der Waals surface area contributed by atoms with Crippen LogP contribution >= 0.6 is 23.2 Å². The Labute approximate surface area is 177 Å². The average Bonchev–Trinajstić information content (AvgIpc) is 2.86. The van der Waals surface area contributed by atoms with Gasteiger partial charge in [-0.25, -0.2) is 9.18 Å². The third-order valence-corrected chi connectivity index (χ3v) is 5.37. The summed E-state index contributed by atoms with van der Waals surface area (Å²) in [4.78, 5) is 38.4. The number of amides is 4. The highest BCUT2D eigenvalue weighted by molar-refractivity contribution is 6.35. The van der Waals surface area contributed by atoms with Gasteiger partial charge in [0.2, 0.25) is 5.91 Å². The van der Waals surface area contributed by atoms with Crippen molar-refractivity contribution in [1.29, 1.82) is 0 Å². The number of nitrogens with zero attached hydrogens (tertiary/aromatic N) is 1. The summed E-state index contributed by atoms with van der Waals surface area (Å²) in [5, 5.41) is 6.14. The highest BCUT2D eigenvalue weighted by Gasteiger charge is 2.49. The van der Waals surface area contributed by atoms with E-state index in [-0.39, 0.29) is 0 Å². The first-order valence-corrected chi connectivity index (χ1v) is 9.52. The number of urea groups is 1. The van der Waals surface area contributed by atoms with Crippen molar-refractivity contribution in [2.45, 2.75) is 25.4 Å². The molecule has 2 unspecified atom stereocenters. The Balaban J connectivity index is 1.71. The normalized spacial score (nSPS) is 19.8. The van der Waals surface area contributed by atoms with E-state index in [2.05, 4.69) is 10.6 Å². The van der Waals surface area contributed by atoms with Crippen LogP contribution in [0.1, 0.15) is 31.0 Å². The number of hydrogen-bond acceptors (Lipinski definition) is 3. The third kappa shape index (κ3) is 4.21. The molecule has 152 valence electrons. The van der Waals surface area contributed by atoms with Gasteiger partial charge < -0.3 is 10.6 Å². The molecule has 9 heteroatoms. The van der Waals surface area contributed by atoms with Crippen molar-refractivity contribution in [3.05, 3.63) is 69.5 Å². The molecule has 0 aliphatic carbocycles. The molecule has 2 aromatic carbocycles. The van der Waals surface area contributed by atoms with E-state index < -0.39 is 41.8 Å². The molecule has 0 aromatic heterocycles. The molecular weight excluding hydrogens is 420 g/mol. The number of carbonyl (C=O) groups excluding carboxylic acids is 3. The smallest absolute Gasteiger partial charge is 0.325 e. The quantitative estimate of drug-likeness (QED) is 0.698.